The summed E-state index contributed by atoms with van der Waals surface area (Å²) >= 11 is 0. The quantitative estimate of drug-likeness (QED) is 0.114. The van der Waals surface area contributed by atoms with E-state index in [-0.39, 0.29) is 60.3 Å². The number of anilines is 22. The summed E-state index contributed by atoms with van der Waals surface area (Å²) in [6, 6.07) is 142. The molecule has 21 heteroatoms. The molecule has 3 radical (unpaired) electrons. The second-order valence-electron chi connectivity index (χ2n) is 28.5. The van der Waals surface area contributed by atoms with Gasteiger partial charge in [-0.3, -0.25) is 0 Å². The first-order chi connectivity index (χ1) is 60.8. The summed E-state index contributed by atoms with van der Waals surface area (Å²) in [6.07, 6.45) is 8.69. The Labute approximate surface area is 777 Å². The molecule has 0 amide bonds. The largest absolute Gasteiger partial charge is 0.501 e. The van der Waals surface area contributed by atoms with Crippen LogP contribution in [0.3, 0.4) is 0 Å². The fourth-order valence-electron chi connectivity index (χ4n) is 14.8. The van der Waals surface area contributed by atoms with E-state index in [1.54, 1.807) is 24.8 Å². The number of para-hydroxylation sites is 16. The first-order valence-electron chi connectivity index (χ1n) is 40.1. The first kappa shape index (κ1) is 86.8. The van der Waals surface area contributed by atoms with Crippen molar-refractivity contribution in [2.45, 2.75) is 6.92 Å². The fraction of sp³-hybridized carbons (Fsp3) is 0.0286. The average molecular weight is 2170 g/mol. The number of aromatic nitrogens is 6. The van der Waals surface area contributed by atoms with E-state index in [4.69, 9.17) is 4.98 Å². The van der Waals surface area contributed by atoms with Gasteiger partial charge in [0.1, 0.15) is 29.1 Å². The normalized spacial score (nSPS) is 13.1. The maximum absolute atomic E-state index is 4.81. The van der Waals surface area contributed by atoms with Crippen molar-refractivity contribution in [3.8, 4) is 11.4 Å². The molecule has 0 aliphatic carbocycles. The minimum absolute atomic E-state index is 0. The average Bonchev–Trinajstić information content (AvgIpc) is 1.62. The Morgan fingerprint density at radius 1 is 0.222 bits per heavy atom. The predicted molar refractivity (Wildman–Crippen MR) is 497 cm³/mol. The molecule has 6 aliphatic heterocycles. The van der Waals surface area contributed by atoms with Gasteiger partial charge in [-0.1, -0.05) is 133 Å². The van der Waals surface area contributed by atoms with Crippen molar-refractivity contribution in [2.24, 2.45) is 0 Å². The molecule has 6 aliphatic rings. The van der Waals surface area contributed by atoms with Crippen LogP contribution in [0.15, 0.2) is 395 Å². The van der Waals surface area contributed by atoms with Crippen molar-refractivity contribution in [3.63, 3.8) is 0 Å². The molecule has 0 bridgehead atoms. The van der Waals surface area contributed by atoms with Crippen LogP contribution >= 0.6 is 0 Å². The Morgan fingerprint density at radius 2 is 0.484 bits per heavy atom. The summed E-state index contributed by atoms with van der Waals surface area (Å²) in [7, 11) is 3.95. The second-order valence-corrected chi connectivity index (χ2v) is 28.5. The zero-order valence-corrected chi connectivity index (χ0v) is 75.7. The van der Waals surface area contributed by atoms with Gasteiger partial charge in [0, 0.05) is 148 Å². The first-order valence-corrected chi connectivity index (χ1v) is 40.1. The molecule has 0 saturated carbocycles. The SMILES string of the molecule is CN1[CH-]N(c2[c-]cccc2)c2nccnc21.Cc1ccccc1-c1ncc2c(n1)N(c1[c-]cccc1)[CH-]N2C.[Ir].[Ir].[Ir].[c-]1ccccc1N1[CH-]N(c2ccccc2)c2ccccc21.[c-]1ccccc1N1[CH-]N(c2ccccc2)c2ccccc21.[c-]1ccccc1N1[CH-]N(c2ccccc2)c2ccccc21.[c-]1ccccc1N1[CH-]N(c2ccccc2)c2nccnc21. The van der Waals surface area contributed by atoms with Crippen molar-refractivity contribution >= 4 is 126 Å². The maximum atomic E-state index is 4.81. The number of benzene rings is 14. The minimum Gasteiger partial charge on any atom is -0.501 e. The monoisotopic (exact) mass is 2170 g/mol. The van der Waals surface area contributed by atoms with Crippen molar-refractivity contribution in [1.29, 1.82) is 0 Å². The van der Waals surface area contributed by atoms with Crippen LogP contribution in [0, 0.1) is 83.3 Å². The van der Waals surface area contributed by atoms with E-state index in [0.717, 1.165) is 103 Å². The third-order valence-electron chi connectivity index (χ3n) is 20.6. The van der Waals surface area contributed by atoms with Crippen LogP contribution < -0.4 is 58.8 Å². The fourth-order valence-corrected chi connectivity index (χ4v) is 14.8. The molecule has 14 aromatic carbocycles. The summed E-state index contributed by atoms with van der Waals surface area (Å²) < 4.78 is 0. The van der Waals surface area contributed by atoms with Crippen molar-refractivity contribution in [3.05, 3.63) is 477 Å². The van der Waals surface area contributed by atoms with Gasteiger partial charge in [0.15, 0.2) is 5.82 Å². The van der Waals surface area contributed by atoms with Crippen LogP contribution in [0.4, 0.5) is 126 Å². The molecule has 18 nitrogen and oxygen atoms in total. The summed E-state index contributed by atoms with van der Waals surface area (Å²) in [5.74, 6) is 4.95. The molecule has 0 unspecified atom stereocenters. The Balaban J connectivity index is 0.000000116. The third kappa shape index (κ3) is 19.1. The maximum Gasteiger partial charge on any atom is 0.161 e. The van der Waals surface area contributed by atoms with Crippen molar-refractivity contribution in [1.82, 2.24) is 29.9 Å². The number of rotatable bonds is 11. The third-order valence-corrected chi connectivity index (χ3v) is 20.6. The van der Waals surface area contributed by atoms with Crippen LogP contribution in [0.2, 0.25) is 0 Å². The van der Waals surface area contributed by atoms with E-state index >= 15 is 0 Å². The van der Waals surface area contributed by atoms with E-state index in [1.165, 1.54) is 39.7 Å². The van der Waals surface area contributed by atoms with E-state index in [1.807, 2.05) is 258 Å². The molecular weight excluding hydrogens is 2090 g/mol. The van der Waals surface area contributed by atoms with Crippen LogP contribution in [0.25, 0.3) is 11.4 Å². The Kier molecular flexibility index (Phi) is 28.5. The van der Waals surface area contributed by atoms with Gasteiger partial charge in [0.25, 0.3) is 0 Å². The zero-order valence-electron chi connectivity index (χ0n) is 68.5. The minimum atomic E-state index is 0. The number of hydrogen-bond donors (Lipinski definition) is 0. The van der Waals surface area contributed by atoms with Gasteiger partial charge >= 0.3 is 0 Å². The summed E-state index contributed by atoms with van der Waals surface area (Å²) in [5, 5.41) is 0. The van der Waals surface area contributed by atoms with Crippen LogP contribution in [0.5, 0.6) is 0 Å². The summed E-state index contributed by atoms with van der Waals surface area (Å²) in [5.41, 5.74) is 20.8. The second kappa shape index (κ2) is 41.4. The smallest absolute Gasteiger partial charge is 0.161 e. The number of hydrogen-bond acceptors (Lipinski definition) is 18. The van der Waals surface area contributed by atoms with Gasteiger partial charge in [-0.15, -0.1) is 67.5 Å². The van der Waals surface area contributed by atoms with Crippen molar-refractivity contribution < 1.29 is 60.3 Å². The van der Waals surface area contributed by atoms with E-state index in [9.17, 15) is 0 Å². The summed E-state index contributed by atoms with van der Waals surface area (Å²) in [6.45, 7) is 14.4. The van der Waals surface area contributed by atoms with Gasteiger partial charge < -0.3 is 58.8 Å². The van der Waals surface area contributed by atoms with Crippen LogP contribution in [0.1, 0.15) is 5.56 Å². The Bertz CT molecular complexity index is 5510. The molecule has 629 valence electrons. The Morgan fingerprint density at radius 3 is 0.833 bits per heavy atom. The van der Waals surface area contributed by atoms with E-state index in [2.05, 4.69) is 294 Å². The van der Waals surface area contributed by atoms with E-state index in [0.29, 0.717) is 0 Å². The molecule has 23 rings (SSSR count). The van der Waals surface area contributed by atoms with Crippen molar-refractivity contribution in [2.75, 3.05) is 72.9 Å². The molecule has 0 saturated heterocycles. The number of fused-ring (bicyclic) bond motifs is 6. The molecule has 0 N–H and O–H groups in total. The zero-order chi connectivity index (χ0) is 83.1. The number of aryl methyl sites for hydroxylation is 1. The van der Waals surface area contributed by atoms with Gasteiger partial charge in [-0.2, -0.15) is 189 Å². The molecule has 3 aromatic heterocycles. The van der Waals surface area contributed by atoms with Gasteiger partial charge in [-0.05, 0) is 112 Å². The molecule has 9 heterocycles. The van der Waals surface area contributed by atoms with E-state index < -0.39 is 0 Å². The van der Waals surface area contributed by atoms with Gasteiger partial charge in [0.2, 0.25) is 0 Å². The molecule has 17 aromatic rings. The van der Waals surface area contributed by atoms with Gasteiger partial charge in [-0.25, -0.2) is 29.9 Å². The molecule has 0 atom stereocenters. The predicted octanol–water partition coefficient (Wildman–Crippen LogP) is 24.3. The molecular formula is C105H80Ir3N18-12. The van der Waals surface area contributed by atoms with Crippen LogP contribution in [-0.4, -0.2) is 44.0 Å². The van der Waals surface area contributed by atoms with Crippen LogP contribution in [-0.2, 0) is 60.3 Å². The molecule has 0 fully saturated rings. The number of nitrogens with zero attached hydrogens (tertiary/aromatic N) is 18. The topological polar surface area (TPSA) is 116 Å². The molecule has 0 spiro atoms. The standard InChI is InChI=1S/C19H16N4.3C19H14N2.C17H12N4.C12H10N4.3Ir/c1-14-8-6-7-11-16(14)18-20-12-17-19(21-18)23(13-22(17)2)15-9-4-3-5-10-15;3*1-3-9-16(10-4-1)20-15-21(17-11-5-2-6-12-17)19-14-8-7-13-18(19)20;1-3-7-14(8-4-1)20-13-21(15-9-5-2-6-10-15)17-16(20)18-11-12-19-17;1-15-9-16(10-5-3-2-4-6-10)12-11(15)13-7-8-14-12;;;/h3-9,11-13H,1-2H3;3*1-11,13-15H;1-9,11-13H;2-5,7-9H,1H3;;;/q6*-2;;;. The summed E-state index contributed by atoms with van der Waals surface area (Å²) in [4.78, 5) is 52.1. The Hall–Kier alpha value is -14.1. The van der Waals surface area contributed by atoms with Gasteiger partial charge in [0.05, 0.1) is 11.9 Å². The molecule has 126 heavy (non-hydrogen) atoms.